The summed E-state index contributed by atoms with van der Waals surface area (Å²) in [5, 5.41) is 0. The molecule has 0 rings (SSSR count). The maximum Gasteiger partial charge on any atom is 0.501 e. The lowest BCUT2D eigenvalue weighted by atomic mass is 9.90. The molecule has 0 spiro atoms. The Morgan fingerprint density at radius 3 is 0.959 bits per heavy atom. The molecule has 0 saturated heterocycles. The summed E-state index contributed by atoms with van der Waals surface area (Å²) in [6.07, 6.45) is -10.4. The predicted molar refractivity (Wildman–Crippen MR) is 137 cm³/mol. The maximum absolute atomic E-state index is 14.8. The van der Waals surface area contributed by atoms with Crippen molar-refractivity contribution in [1.29, 1.82) is 0 Å². The van der Waals surface area contributed by atoms with Crippen molar-refractivity contribution in [3.63, 3.8) is 0 Å². The normalized spacial score (nSPS) is 14.6. The molecule has 0 radical (unpaired) electrons. The van der Waals surface area contributed by atoms with E-state index >= 15 is 0 Å². The van der Waals surface area contributed by atoms with Crippen LogP contribution in [0.15, 0.2) is 0 Å². The number of alkyl halides is 15. The second-order valence-electron chi connectivity index (χ2n) is 9.62. The smallest absolute Gasteiger partial charge is 0.382 e. The molecular formula is C24H37F15O9Si. The Labute approximate surface area is 271 Å². The Kier molecular flexibility index (Phi) is 19.7. The Balaban J connectivity index is 6.43. The summed E-state index contributed by atoms with van der Waals surface area (Å²) in [6, 6.07) is -1.67. The third kappa shape index (κ3) is 12.5. The topological polar surface area (TPSA) is 83.1 Å². The van der Waals surface area contributed by atoms with E-state index in [0.29, 0.717) is 0 Å². The molecule has 0 aliphatic rings. The highest BCUT2D eigenvalue weighted by Gasteiger charge is 2.93. The molecule has 25 heteroatoms. The van der Waals surface area contributed by atoms with Gasteiger partial charge in [0.25, 0.3) is 0 Å². The van der Waals surface area contributed by atoms with E-state index in [1.165, 1.54) is 21.3 Å². The number of rotatable bonds is 29. The van der Waals surface area contributed by atoms with Crippen LogP contribution in [0.1, 0.15) is 6.42 Å². The van der Waals surface area contributed by atoms with Crippen molar-refractivity contribution in [3.8, 4) is 0 Å². The van der Waals surface area contributed by atoms with Crippen LogP contribution < -0.4 is 0 Å². The second-order valence-corrected chi connectivity index (χ2v) is 12.4. The van der Waals surface area contributed by atoms with Crippen LogP contribution in [0.4, 0.5) is 65.9 Å². The lowest BCUT2D eigenvalue weighted by Crippen LogP contribution is -2.72. The molecule has 0 aromatic carbocycles. The third-order valence-corrected chi connectivity index (χ3v) is 8.88. The van der Waals surface area contributed by atoms with Crippen LogP contribution in [0.2, 0.25) is 6.04 Å². The largest absolute Gasteiger partial charge is 0.501 e. The van der Waals surface area contributed by atoms with E-state index in [1.54, 1.807) is 0 Å². The molecule has 0 saturated carbocycles. The molecule has 0 atom stereocenters. The van der Waals surface area contributed by atoms with Crippen molar-refractivity contribution in [2.24, 2.45) is 0 Å². The van der Waals surface area contributed by atoms with Gasteiger partial charge in [-0.2, -0.15) is 65.9 Å². The maximum atomic E-state index is 14.8. The third-order valence-electron chi connectivity index (χ3n) is 6.08. The number of hydrogen-bond donors (Lipinski definition) is 0. The second kappa shape index (κ2) is 20.2. The van der Waals surface area contributed by atoms with Gasteiger partial charge in [-0.25, -0.2) is 0 Å². The zero-order valence-corrected chi connectivity index (χ0v) is 27.2. The van der Waals surface area contributed by atoms with Crippen molar-refractivity contribution in [2.75, 3.05) is 101 Å². The molecule has 0 aliphatic carbocycles. The minimum Gasteiger partial charge on any atom is -0.382 e. The van der Waals surface area contributed by atoms with Gasteiger partial charge >= 0.3 is 50.5 Å². The lowest BCUT2D eigenvalue weighted by molar-refractivity contribution is -0.452. The van der Waals surface area contributed by atoms with Crippen LogP contribution in [0.25, 0.3) is 0 Å². The monoisotopic (exact) mass is 782 g/mol. The summed E-state index contributed by atoms with van der Waals surface area (Å²) in [4.78, 5) is 0. The zero-order valence-electron chi connectivity index (χ0n) is 26.2. The van der Waals surface area contributed by atoms with Gasteiger partial charge in [-0.05, 0) is 0 Å². The SMILES string of the molecule is COCCOCCO[Si](CCC(F)(F)C(F)(F)C(F)(F)C(F)(F)C(F)(F)C(F)(F)C(F)(F)F)(OCCOCCOC)OCCOCCOC. The summed E-state index contributed by atoms with van der Waals surface area (Å²) < 4.78 is 251. The van der Waals surface area contributed by atoms with Crippen LogP contribution in [-0.2, 0) is 41.7 Å². The van der Waals surface area contributed by atoms with Gasteiger partial charge in [0, 0.05) is 33.8 Å². The van der Waals surface area contributed by atoms with E-state index in [9.17, 15) is 65.9 Å². The molecule has 49 heavy (non-hydrogen) atoms. The molecule has 0 N–H and O–H groups in total. The first-order valence-electron chi connectivity index (χ1n) is 13.8. The van der Waals surface area contributed by atoms with E-state index in [0.717, 1.165) is 0 Å². The number of hydrogen-bond acceptors (Lipinski definition) is 9. The summed E-state index contributed by atoms with van der Waals surface area (Å²) in [5.41, 5.74) is 0. The summed E-state index contributed by atoms with van der Waals surface area (Å²) in [5.74, 6) is -47.3. The van der Waals surface area contributed by atoms with Gasteiger partial charge in [-0.3, -0.25) is 0 Å². The van der Waals surface area contributed by atoms with Gasteiger partial charge in [-0.1, -0.05) is 0 Å². The Bertz CT molecular complexity index is 875. The number of methoxy groups -OCH3 is 3. The number of halogens is 15. The Hall–Kier alpha value is -1.19. The molecule has 9 nitrogen and oxygen atoms in total. The fourth-order valence-electron chi connectivity index (χ4n) is 3.31. The molecule has 296 valence electrons. The zero-order chi connectivity index (χ0) is 38.3. The minimum absolute atomic E-state index is 0.0532. The van der Waals surface area contributed by atoms with E-state index in [1.807, 2.05) is 0 Å². The lowest BCUT2D eigenvalue weighted by Gasteiger charge is -2.41. The van der Waals surface area contributed by atoms with Crippen LogP contribution >= 0.6 is 0 Å². The molecule has 0 aromatic rings. The standard InChI is InChI=1S/C24H37F15O9Si/c1-40-5-8-43-11-14-46-49(47-15-12-44-9-6-41-2,48-16-13-45-10-7-42-3)17-4-18(25,26)19(27,28)20(29,30)21(31,32)22(33,34)23(35,36)24(37,38)39/h4-17H2,1-3H3. The van der Waals surface area contributed by atoms with Crippen LogP contribution in [0, 0.1) is 0 Å². The van der Waals surface area contributed by atoms with Gasteiger partial charge < -0.3 is 41.7 Å². The average molecular weight is 783 g/mol. The van der Waals surface area contributed by atoms with Gasteiger partial charge in [0.2, 0.25) is 0 Å². The van der Waals surface area contributed by atoms with Crippen molar-refractivity contribution < 1.29 is 108 Å². The number of ether oxygens (including phenoxy) is 6. The highest BCUT2D eigenvalue weighted by atomic mass is 28.4. The quantitative estimate of drug-likeness (QED) is 0.0538. The van der Waals surface area contributed by atoms with Crippen molar-refractivity contribution in [2.45, 2.75) is 54.2 Å². The minimum atomic E-state index is -8.40. The van der Waals surface area contributed by atoms with Gasteiger partial charge in [0.1, 0.15) is 0 Å². The van der Waals surface area contributed by atoms with Crippen LogP contribution in [-0.4, -0.2) is 151 Å². The molecular weight excluding hydrogens is 745 g/mol. The van der Waals surface area contributed by atoms with Crippen LogP contribution in [0.3, 0.4) is 0 Å². The van der Waals surface area contributed by atoms with Crippen molar-refractivity contribution in [3.05, 3.63) is 0 Å². The van der Waals surface area contributed by atoms with Crippen molar-refractivity contribution >= 4 is 8.80 Å². The fraction of sp³-hybridized carbons (Fsp3) is 1.00. The highest BCUT2D eigenvalue weighted by Crippen LogP contribution is 2.62. The molecule has 0 heterocycles. The predicted octanol–water partition coefficient (Wildman–Crippen LogP) is 5.73. The van der Waals surface area contributed by atoms with Gasteiger partial charge in [-0.15, -0.1) is 0 Å². The fourth-order valence-corrected chi connectivity index (χ4v) is 5.80. The Morgan fingerprint density at radius 2 is 0.653 bits per heavy atom. The first-order chi connectivity index (χ1) is 22.4. The van der Waals surface area contributed by atoms with E-state index in [4.69, 9.17) is 41.7 Å². The molecule has 0 amide bonds. The Morgan fingerprint density at radius 1 is 0.367 bits per heavy atom. The molecule has 0 aromatic heterocycles. The molecule has 0 aliphatic heterocycles. The van der Waals surface area contributed by atoms with Gasteiger partial charge in [0.15, 0.2) is 0 Å². The summed E-state index contributed by atoms with van der Waals surface area (Å²) in [7, 11) is -0.962. The average Bonchev–Trinajstić information content (AvgIpc) is 3.00. The van der Waals surface area contributed by atoms with Crippen molar-refractivity contribution in [1.82, 2.24) is 0 Å². The molecule has 0 unspecified atom stereocenters. The van der Waals surface area contributed by atoms with Crippen LogP contribution in [0.5, 0.6) is 0 Å². The first kappa shape index (κ1) is 47.8. The van der Waals surface area contributed by atoms with E-state index in [2.05, 4.69) is 0 Å². The highest BCUT2D eigenvalue weighted by molar-refractivity contribution is 6.60. The first-order valence-corrected chi connectivity index (χ1v) is 15.8. The summed E-state index contributed by atoms with van der Waals surface area (Å²) >= 11 is 0. The summed E-state index contributed by atoms with van der Waals surface area (Å²) in [6.45, 7) is -2.99. The molecule has 0 bridgehead atoms. The molecule has 0 fully saturated rings. The van der Waals surface area contributed by atoms with E-state index < -0.39 is 82.8 Å². The van der Waals surface area contributed by atoms with E-state index in [-0.39, 0.29) is 59.5 Å². The van der Waals surface area contributed by atoms with Gasteiger partial charge in [0.05, 0.1) is 79.3 Å².